The fourth-order valence-corrected chi connectivity index (χ4v) is 3.01. The molecule has 2 heterocycles. The number of anilines is 2. The quantitative estimate of drug-likeness (QED) is 0.934. The first-order valence-electron chi connectivity index (χ1n) is 8.43. The summed E-state index contributed by atoms with van der Waals surface area (Å²) in [4.78, 5) is 22.8. The highest BCUT2D eigenvalue weighted by Gasteiger charge is 2.21. The molecule has 1 saturated heterocycles. The summed E-state index contributed by atoms with van der Waals surface area (Å²) in [6.07, 6.45) is 3.59. The topological polar surface area (TPSA) is 58.1 Å². The van der Waals surface area contributed by atoms with Gasteiger partial charge in [0, 0.05) is 24.8 Å². The maximum atomic E-state index is 12.5. The minimum Gasteiger partial charge on any atom is -0.340 e. The number of carbonyl (C=O) groups is 1. The van der Waals surface area contributed by atoms with Gasteiger partial charge in [-0.25, -0.2) is 9.97 Å². The highest BCUT2D eigenvalue weighted by atomic mass is 16.2. The molecule has 0 bridgehead atoms. The van der Waals surface area contributed by atoms with Crippen molar-refractivity contribution in [1.29, 1.82) is 0 Å². The molecule has 0 saturated carbocycles. The van der Waals surface area contributed by atoms with Crippen LogP contribution in [0.3, 0.4) is 0 Å². The predicted octanol–water partition coefficient (Wildman–Crippen LogP) is 3.75. The molecule has 0 unspecified atom stereocenters. The average Bonchev–Trinajstić information content (AvgIpc) is 3.08. The molecular formula is C19H24N4O. The lowest BCUT2D eigenvalue weighted by molar-refractivity contribution is 0.0787. The Morgan fingerprint density at radius 1 is 1.12 bits per heavy atom. The predicted molar refractivity (Wildman–Crippen MR) is 95.6 cm³/mol. The van der Waals surface area contributed by atoms with Crippen molar-refractivity contribution in [2.24, 2.45) is 0 Å². The lowest BCUT2D eigenvalue weighted by atomic mass is 9.86. The van der Waals surface area contributed by atoms with Gasteiger partial charge in [-0.05, 0) is 29.9 Å². The van der Waals surface area contributed by atoms with E-state index in [9.17, 15) is 4.79 Å². The van der Waals surface area contributed by atoms with Crippen LogP contribution in [0.2, 0.25) is 0 Å². The Kier molecular flexibility index (Phi) is 4.51. The van der Waals surface area contributed by atoms with Crippen LogP contribution in [-0.2, 0) is 5.41 Å². The van der Waals surface area contributed by atoms with E-state index in [4.69, 9.17) is 0 Å². The summed E-state index contributed by atoms with van der Waals surface area (Å²) >= 11 is 0. The van der Waals surface area contributed by atoms with Gasteiger partial charge in [-0.2, -0.15) is 0 Å². The third-order valence-electron chi connectivity index (χ3n) is 4.28. The highest BCUT2D eigenvalue weighted by molar-refractivity contribution is 5.93. The highest BCUT2D eigenvalue weighted by Crippen LogP contribution is 2.30. The van der Waals surface area contributed by atoms with Crippen LogP contribution in [0.25, 0.3) is 0 Å². The summed E-state index contributed by atoms with van der Waals surface area (Å²) in [5.41, 5.74) is 2.67. The summed E-state index contributed by atoms with van der Waals surface area (Å²) in [6, 6.07) is 9.91. The normalized spacial score (nSPS) is 14.7. The maximum absolute atomic E-state index is 12.5. The minimum absolute atomic E-state index is 0.0120. The van der Waals surface area contributed by atoms with Gasteiger partial charge in [-0.3, -0.25) is 4.79 Å². The van der Waals surface area contributed by atoms with Crippen molar-refractivity contribution in [2.45, 2.75) is 39.0 Å². The fourth-order valence-electron chi connectivity index (χ4n) is 3.01. The van der Waals surface area contributed by atoms with Crippen molar-refractivity contribution in [3.63, 3.8) is 0 Å². The van der Waals surface area contributed by atoms with Gasteiger partial charge in [0.1, 0.15) is 17.8 Å². The number of hydrogen-bond donors (Lipinski definition) is 1. The van der Waals surface area contributed by atoms with Gasteiger partial charge in [0.15, 0.2) is 0 Å². The van der Waals surface area contributed by atoms with Crippen LogP contribution >= 0.6 is 0 Å². The molecule has 2 aromatic rings. The summed E-state index contributed by atoms with van der Waals surface area (Å²) in [7, 11) is 0. The second-order valence-electron chi connectivity index (χ2n) is 7.21. The number of nitrogens with one attached hydrogen (secondary N) is 1. The lowest BCUT2D eigenvalue weighted by Gasteiger charge is -2.23. The number of hydrogen-bond acceptors (Lipinski definition) is 4. The van der Waals surface area contributed by atoms with E-state index in [0.29, 0.717) is 11.5 Å². The maximum Gasteiger partial charge on any atom is 0.272 e. The van der Waals surface area contributed by atoms with Gasteiger partial charge in [0.25, 0.3) is 5.91 Å². The number of likely N-dealkylation sites (tertiary alicyclic amines) is 1. The van der Waals surface area contributed by atoms with Crippen LogP contribution in [0.4, 0.5) is 11.5 Å². The zero-order valence-corrected chi connectivity index (χ0v) is 14.5. The van der Waals surface area contributed by atoms with Crippen LogP contribution in [0, 0.1) is 0 Å². The van der Waals surface area contributed by atoms with E-state index in [1.807, 2.05) is 23.1 Å². The molecule has 1 amide bonds. The Balaban J connectivity index is 1.84. The Morgan fingerprint density at radius 2 is 1.83 bits per heavy atom. The van der Waals surface area contributed by atoms with Crippen LogP contribution in [0.1, 0.15) is 49.7 Å². The Hall–Kier alpha value is -2.43. The molecule has 0 radical (unpaired) electrons. The summed E-state index contributed by atoms with van der Waals surface area (Å²) in [5.74, 6) is 0.631. The molecule has 1 N–H and O–H groups in total. The first-order valence-corrected chi connectivity index (χ1v) is 8.43. The number of rotatable bonds is 3. The first kappa shape index (κ1) is 16.4. The van der Waals surface area contributed by atoms with Gasteiger partial charge in [0.05, 0.1) is 0 Å². The van der Waals surface area contributed by atoms with Gasteiger partial charge in [-0.1, -0.05) is 39.0 Å². The molecule has 0 spiro atoms. The van der Waals surface area contributed by atoms with Gasteiger partial charge in [-0.15, -0.1) is 0 Å². The molecule has 0 atom stereocenters. The van der Waals surface area contributed by atoms with Gasteiger partial charge >= 0.3 is 0 Å². The van der Waals surface area contributed by atoms with Crippen LogP contribution in [0.15, 0.2) is 36.7 Å². The summed E-state index contributed by atoms with van der Waals surface area (Å²) in [6.45, 7) is 8.17. The Labute approximate surface area is 143 Å². The summed E-state index contributed by atoms with van der Waals surface area (Å²) < 4.78 is 0. The zero-order valence-electron chi connectivity index (χ0n) is 14.5. The smallest absolute Gasteiger partial charge is 0.272 e. The van der Waals surface area contributed by atoms with Crippen LogP contribution < -0.4 is 5.32 Å². The first-order chi connectivity index (χ1) is 11.4. The molecular weight excluding hydrogens is 300 g/mol. The van der Waals surface area contributed by atoms with Gasteiger partial charge < -0.3 is 10.2 Å². The third kappa shape index (κ3) is 3.55. The number of carbonyl (C=O) groups excluding carboxylic acids is 1. The standard InChI is InChI=1S/C19H24N4O/c1-19(2,3)14-8-4-5-9-15(14)22-17-12-16(20-13-21-17)18(24)23-10-6-7-11-23/h4-5,8-9,12-13H,6-7,10-11H2,1-3H3,(H,20,21,22). The molecule has 5 heteroatoms. The van der Waals surface area contributed by atoms with E-state index in [2.05, 4.69) is 42.1 Å². The second-order valence-corrected chi connectivity index (χ2v) is 7.21. The average molecular weight is 324 g/mol. The van der Waals surface area contributed by atoms with E-state index < -0.39 is 0 Å². The summed E-state index contributed by atoms with van der Waals surface area (Å²) in [5, 5.41) is 3.34. The van der Waals surface area contributed by atoms with Crippen molar-refractivity contribution >= 4 is 17.4 Å². The zero-order chi connectivity index (χ0) is 17.2. The molecule has 126 valence electrons. The number of aromatic nitrogens is 2. The Morgan fingerprint density at radius 3 is 2.54 bits per heavy atom. The third-order valence-corrected chi connectivity index (χ3v) is 4.28. The van der Waals surface area contributed by atoms with E-state index in [1.54, 1.807) is 6.07 Å². The molecule has 24 heavy (non-hydrogen) atoms. The molecule has 1 aromatic heterocycles. The molecule has 0 aliphatic carbocycles. The van der Waals surface area contributed by atoms with Crippen molar-refractivity contribution in [1.82, 2.24) is 14.9 Å². The van der Waals surface area contributed by atoms with Crippen LogP contribution in [-0.4, -0.2) is 33.9 Å². The van der Waals surface area contributed by atoms with E-state index in [1.165, 1.54) is 11.9 Å². The van der Waals surface area contributed by atoms with Crippen molar-refractivity contribution < 1.29 is 4.79 Å². The molecule has 1 aliphatic heterocycles. The number of nitrogens with zero attached hydrogens (tertiary/aromatic N) is 3. The molecule has 3 rings (SSSR count). The number of para-hydroxylation sites is 1. The van der Waals surface area contributed by atoms with E-state index in [-0.39, 0.29) is 11.3 Å². The van der Waals surface area contributed by atoms with E-state index >= 15 is 0 Å². The van der Waals surface area contributed by atoms with E-state index in [0.717, 1.165) is 31.6 Å². The number of benzene rings is 1. The van der Waals surface area contributed by atoms with Gasteiger partial charge in [0.2, 0.25) is 0 Å². The number of amides is 1. The minimum atomic E-state index is -0.0120. The Bertz CT molecular complexity index is 730. The molecule has 1 fully saturated rings. The molecule has 1 aliphatic rings. The van der Waals surface area contributed by atoms with Crippen LogP contribution in [0.5, 0.6) is 0 Å². The second kappa shape index (κ2) is 6.59. The fraction of sp³-hybridized carbons (Fsp3) is 0.421. The van der Waals surface area contributed by atoms with Crippen molar-refractivity contribution in [3.8, 4) is 0 Å². The monoisotopic (exact) mass is 324 g/mol. The molecule has 1 aromatic carbocycles. The van der Waals surface area contributed by atoms with Crippen molar-refractivity contribution in [3.05, 3.63) is 47.9 Å². The largest absolute Gasteiger partial charge is 0.340 e. The SMILES string of the molecule is CC(C)(C)c1ccccc1Nc1cc(C(=O)N2CCCC2)ncn1. The van der Waals surface area contributed by atoms with Crippen molar-refractivity contribution in [2.75, 3.05) is 18.4 Å². The molecule has 5 nitrogen and oxygen atoms in total. The lowest BCUT2D eigenvalue weighted by Crippen LogP contribution is -2.28.